The Morgan fingerprint density at radius 3 is 3.00 bits per heavy atom. The van der Waals surface area contributed by atoms with E-state index in [1.165, 1.54) is 0 Å². The van der Waals surface area contributed by atoms with Crippen LogP contribution in [0.4, 0.5) is 0 Å². The van der Waals surface area contributed by atoms with Gasteiger partial charge in [0.15, 0.2) is 5.78 Å². The standard InChI is InChI=1S/C15H15NO2/c17-15(12-5-3-9-18-10-12)14-13-6-2-1-4-11(13)7-8-16-14/h1-2,4,6-8,12H,3,5,9-10H2. The molecule has 92 valence electrons. The minimum absolute atomic E-state index is 0.0305. The van der Waals surface area contributed by atoms with Gasteiger partial charge in [0.05, 0.1) is 6.61 Å². The van der Waals surface area contributed by atoms with Crippen molar-refractivity contribution in [3.63, 3.8) is 0 Å². The van der Waals surface area contributed by atoms with E-state index in [2.05, 4.69) is 4.98 Å². The van der Waals surface area contributed by atoms with Crippen molar-refractivity contribution in [1.82, 2.24) is 4.98 Å². The number of Topliss-reactive ketones (excluding diaryl/α,β-unsaturated/α-hetero) is 1. The zero-order chi connectivity index (χ0) is 12.4. The van der Waals surface area contributed by atoms with E-state index in [0.29, 0.717) is 12.3 Å². The van der Waals surface area contributed by atoms with E-state index in [-0.39, 0.29) is 11.7 Å². The van der Waals surface area contributed by atoms with Crippen LogP contribution in [0.2, 0.25) is 0 Å². The van der Waals surface area contributed by atoms with Gasteiger partial charge in [-0.15, -0.1) is 0 Å². The summed E-state index contributed by atoms with van der Waals surface area (Å²) in [5.74, 6) is 0.0866. The van der Waals surface area contributed by atoms with Crippen molar-refractivity contribution in [2.75, 3.05) is 13.2 Å². The molecule has 0 spiro atoms. The van der Waals surface area contributed by atoms with Gasteiger partial charge in [-0.1, -0.05) is 24.3 Å². The SMILES string of the molecule is O=C(c1nccc2ccccc12)C1CCCOC1. The molecular weight excluding hydrogens is 226 g/mol. The normalized spacial score (nSPS) is 19.9. The van der Waals surface area contributed by atoms with Crippen LogP contribution in [-0.4, -0.2) is 24.0 Å². The topological polar surface area (TPSA) is 39.2 Å². The van der Waals surface area contributed by atoms with Gasteiger partial charge in [-0.05, 0) is 24.3 Å². The monoisotopic (exact) mass is 241 g/mol. The molecule has 1 aliphatic heterocycles. The van der Waals surface area contributed by atoms with E-state index in [1.807, 2.05) is 30.3 Å². The average molecular weight is 241 g/mol. The minimum Gasteiger partial charge on any atom is -0.381 e. The van der Waals surface area contributed by atoms with Crippen molar-refractivity contribution in [3.05, 3.63) is 42.2 Å². The van der Waals surface area contributed by atoms with E-state index in [0.717, 1.165) is 30.2 Å². The average Bonchev–Trinajstić information content (AvgIpc) is 2.47. The van der Waals surface area contributed by atoms with Gasteiger partial charge in [0.2, 0.25) is 0 Å². The summed E-state index contributed by atoms with van der Waals surface area (Å²) in [6.07, 6.45) is 3.57. The molecule has 1 aromatic carbocycles. The fourth-order valence-electron chi connectivity index (χ4n) is 2.46. The van der Waals surface area contributed by atoms with E-state index in [1.54, 1.807) is 6.20 Å². The first-order valence-corrected chi connectivity index (χ1v) is 6.32. The molecule has 3 rings (SSSR count). The third-order valence-electron chi connectivity index (χ3n) is 3.44. The fraction of sp³-hybridized carbons (Fsp3) is 0.333. The Kier molecular flexibility index (Phi) is 3.07. The molecule has 3 nitrogen and oxygen atoms in total. The molecule has 0 bridgehead atoms. The predicted octanol–water partition coefficient (Wildman–Crippen LogP) is 2.84. The van der Waals surface area contributed by atoms with Crippen LogP contribution in [0.3, 0.4) is 0 Å². The molecule has 2 aromatic rings. The van der Waals surface area contributed by atoms with Crippen molar-refractivity contribution >= 4 is 16.6 Å². The highest BCUT2D eigenvalue weighted by Gasteiger charge is 2.25. The molecule has 1 saturated heterocycles. The van der Waals surface area contributed by atoms with Gasteiger partial charge in [0.25, 0.3) is 0 Å². The molecule has 1 unspecified atom stereocenters. The molecule has 0 amide bonds. The summed E-state index contributed by atoms with van der Waals surface area (Å²) >= 11 is 0. The van der Waals surface area contributed by atoms with Gasteiger partial charge in [-0.2, -0.15) is 0 Å². The summed E-state index contributed by atoms with van der Waals surface area (Å²) < 4.78 is 5.39. The summed E-state index contributed by atoms with van der Waals surface area (Å²) in [4.78, 5) is 16.7. The zero-order valence-electron chi connectivity index (χ0n) is 10.1. The Morgan fingerprint density at radius 2 is 2.17 bits per heavy atom. The van der Waals surface area contributed by atoms with Crippen LogP contribution >= 0.6 is 0 Å². The predicted molar refractivity (Wildman–Crippen MR) is 69.6 cm³/mol. The lowest BCUT2D eigenvalue weighted by Crippen LogP contribution is -2.26. The Labute approximate surface area is 106 Å². The van der Waals surface area contributed by atoms with Crippen LogP contribution in [0, 0.1) is 5.92 Å². The van der Waals surface area contributed by atoms with Crippen molar-refractivity contribution in [3.8, 4) is 0 Å². The van der Waals surface area contributed by atoms with Crippen LogP contribution in [-0.2, 0) is 4.74 Å². The van der Waals surface area contributed by atoms with Crippen molar-refractivity contribution in [2.45, 2.75) is 12.8 Å². The van der Waals surface area contributed by atoms with E-state index in [4.69, 9.17) is 4.74 Å². The Bertz CT molecular complexity index is 568. The van der Waals surface area contributed by atoms with Crippen LogP contribution in [0.1, 0.15) is 23.3 Å². The first kappa shape index (κ1) is 11.4. The molecule has 18 heavy (non-hydrogen) atoms. The number of fused-ring (bicyclic) bond motifs is 1. The van der Waals surface area contributed by atoms with Crippen molar-refractivity contribution < 1.29 is 9.53 Å². The van der Waals surface area contributed by atoms with E-state index < -0.39 is 0 Å². The number of carbonyl (C=O) groups is 1. The number of carbonyl (C=O) groups excluding carboxylic acids is 1. The number of benzene rings is 1. The summed E-state index contributed by atoms with van der Waals surface area (Å²) in [5.41, 5.74) is 0.587. The first-order chi connectivity index (χ1) is 8.86. The number of pyridine rings is 1. The number of aromatic nitrogens is 1. The van der Waals surface area contributed by atoms with Crippen LogP contribution in [0.5, 0.6) is 0 Å². The molecule has 1 atom stereocenters. The molecule has 3 heteroatoms. The van der Waals surface area contributed by atoms with Gasteiger partial charge in [-0.3, -0.25) is 9.78 Å². The Balaban J connectivity index is 2.00. The third-order valence-corrected chi connectivity index (χ3v) is 3.44. The third kappa shape index (κ3) is 2.02. The second kappa shape index (κ2) is 4.86. The van der Waals surface area contributed by atoms with Crippen LogP contribution in [0.25, 0.3) is 10.8 Å². The molecule has 0 saturated carbocycles. The molecule has 1 fully saturated rings. The van der Waals surface area contributed by atoms with Gasteiger partial charge < -0.3 is 4.74 Å². The molecular formula is C15H15NO2. The minimum atomic E-state index is -0.0305. The number of hydrogen-bond acceptors (Lipinski definition) is 3. The molecule has 0 N–H and O–H groups in total. The molecule has 0 radical (unpaired) electrons. The van der Waals surface area contributed by atoms with E-state index in [9.17, 15) is 4.79 Å². The lowest BCUT2D eigenvalue weighted by Gasteiger charge is -2.20. The summed E-state index contributed by atoms with van der Waals surface area (Å²) in [5, 5.41) is 2.00. The maximum absolute atomic E-state index is 12.5. The summed E-state index contributed by atoms with van der Waals surface area (Å²) in [7, 11) is 0. The van der Waals surface area contributed by atoms with Crippen LogP contribution in [0.15, 0.2) is 36.5 Å². The number of ketones is 1. The number of ether oxygens (including phenoxy) is 1. The van der Waals surface area contributed by atoms with E-state index >= 15 is 0 Å². The van der Waals surface area contributed by atoms with Crippen molar-refractivity contribution in [2.24, 2.45) is 5.92 Å². The highest BCUT2D eigenvalue weighted by molar-refractivity contribution is 6.07. The zero-order valence-corrected chi connectivity index (χ0v) is 10.1. The lowest BCUT2D eigenvalue weighted by atomic mass is 9.93. The van der Waals surface area contributed by atoms with Gasteiger partial charge in [-0.25, -0.2) is 0 Å². The molecule has 0 aliphatic carbocycles. The molecule has 1 aromatic heterocycles. The number of nitrogens with zero attached hydrogens (tertiary/aromatic N) is 1. The fourth-order valence-corrected chi connectivity index (χ4v) is 2.46. The second-order valence-corrected chi connectivity index (χ2v) is 4.66. The highest BCUT2D eigenvalue weighted by atomic mass is 16.5. The quantitative estimate of drug-likeness (QED) is 0.759. The van der Waals surface area contributed by atoms with Gasteiger partial charge in [0, 0.05) is 24.1 Å². The first-order valence-electron chi connectivity index (χ1n) is 6.32. The van der Waals surface area contributed by atoms with Gasteiger partial charge >= 0.3 is 0 Å². The largest absolute Gasteiger partial charge is 0.381 e. The Hall–Kier alpha value is -1.74. The van der Waals surface area contributed by atoms with Crippen LogP contribution < -0.4 is 0 Å². The second-order valence-electron chi connectivity index (χ2n) is 4.66. The maximum Gasteiger partial charge on any atom is 0.187 e. The smallest absolute Gasteiger partial charge is 0.187 e. The molecule has 1 aliphatic rings. The van der Waals surface area contributed by atoms with Gasteiger partial charge in [0.1, 0.15) is 5.69 Å². The highest BCUT2D eigenvalue weighted by Crippen LogP contribution is 2.23. The van der Waals surface area contributed by atoms with Crippen molar-refractivity contribution in [1.29, 1.82) is 0 Å². The lowest BCUT2D eigenvalue weighted by molar-refractivity contribution is 0.0459. The summed E-state index contributed by atoms with van der Waals surface area (Å²) in [6.45, 7) is 1.30. The Morgan fingerprint density at radius 1 is 1.28 bits per heavy atom. The number of rotatable bonds is 2. The summed E-state index contributed by atoms with van der Waals surface area (Å²) in [6, 6.07) is 9.81. The molecule has 2 heterocycles. The number of hydrogen-bond donors (Lipinski definition) is 0. The maximum atomic E-state index is 12.5.